The molecule has 0 saturated carbocycles. The van der Waals surface area contributed by atoms with E-state index in [0.29, 0.717) is 12.3 Å². The summed E-state index contributed by atoms with van der Waals surface area (Å²) in [4.78, 5) is 15.8. The number of carbonyl (C=O) groups is 1. The van der Waals surface area contributed by atoms with Gasteiger partial charge in [0.05, 0.1) is 12.6 Å². The Hall–Kier alpha value is -2.73. The van der Waals surface area contributed by atoms with Crippen LogP contribution in [0.3, 0.4) is 0 Å². The van der Waals surface area contributed by atoms with Gasteiger partial charge in [-0.05, 0) is 41.9 Å². The van der Waals surface area contributed by atoms with Gasteiger partial charge in [-0.2, -0.15) is 4.98 Å². The van der Waals surface area contributed by atoms with Gasteiger partial charge in [-0.3, -0.25) is 0 Å². The predicted octanol–water partition coefficient (Wildman–Crippen LogP) is 2.90. The van der Waals surface area contributed by atoms with Crippen molar-refractivity contribution in [2.45, 2.75) is 19.4 Å². The Labute approximate surface area is 139 Å². The molecule has 0 saturated heterocycles. The molecule has 3 aromatic rings. The number of nitrogens with one attached hydrogen (secondary N) is 1. The molecule has 0 spiro atoms. The number of ether oxygens (including phenoxy) is 1. The van der Waals surface area contributed by atoms with Crippen LogP contribution >= 0.6 is 0 Å². The van der Waals surface area contributed by atoms with E-state index in [-0.39, 0.29) is 18.5 Å². The number of carbonyl (C=O) groups excluding carboxylic acids is 1. The standard InChI is InChI=1S/C18H19N3O3/c1-3-23-18(22)16-20-17(24-21-16)15(19-2)11-12-8-9-13-6-4-5-7-14(13)10-12/h4-10,15,19H,3,11H2,1-2H3/t15-/m1/s1. The van der Waals surface area contributed by atoms with Crippen LogP contribution in [0, 0.1) is 0 Å². The van der Waals surface area contributed by atoms with Gasteiger partial charge >= 0.3 is 5.97 Å². The summed E-state index contributed by atoms with van der Waals surface area (Å²) in [5.41, 5.74) is 1.14. The van der Waals surface area contributed by atoms with Crippen molar-refractivity contribution in [3.05, 3.63) is 59.7 Å². The van der Waals surface area contributed by atoms with Crippen molar-refractivity contribution < 1.29 is 14.1 Å². The van der Waals surface area contributed by atoms with Gasteiger partial charge < -0.3 is 14.6 Å². The van der Waals surface area contributed by atoms with Gasteiger partial charge in [0.15, 0.2) is 0 Å². The summed E-state index contributed by atoms with van der Waals surface area (Å²) in [6.45, 7) is 2.00. The first-order chi connectivity index (χ1) is 11.7. The Kier molecular flexibility index (Phi) is 4.86. The first-order valence-electron chi connectivity index (χ1n) is 7.87. The van der Waals surface area contributed by atoms with Crippen LogP contribution in [0.2, 0.25) is 0 Å². The molecule has 0 aliphatic rings. The van der Waals surface area contributed by atoms with E-state index >= 15 is 0 Å². The van der Waals surface area contributed by atoms with Crippen molar-refractivity contribution >= 4 is 16.7 Å². The lowest BCUT2D eigenvalue weighted by Gasteiger charge is -2.12. The first kappa shape index (κ1) is 16.1. The van der Waals surface area contributed by atoms with Crippen LogP contribution < -0.4 is 5.32 Å². The average Bonchev–Trinajstić information content (AvgIpc) is 3.10. The van der Waals surface area contributed by atoms with Crippen molar-refractivity contribution in [2.75, 3.05) is 13.7 Å². The minimum absolute atomic E-state index is 0.0504. The fourth-order valence-electron chi connectivity index (χ4n) is 2.57. The lowest BCUT2D eigenvalue weighted by atomic mass is 10.0. The lowest BCUT2D eigenvalue weighted by molar-refractivity contribution is 0.0508. The topological polar surface area (TPSA) is 77.2 Å². The molecule has 1 heterocycles. The molecule has 0 amide bonds. The maximum atomic E-state index is 11.6. The molecule has 0 aliphatic heterocycles. The number of rotatable bonds is 6. The molecule has 0 fully saturated rings. The second-order valence-electron chi connectivity index (χ2n) is 5.40. The summed E-state index contributed by atoms with van der Waals surface area (Å²) in [7, 11) is 1.82. The Balaban J connectivity index is 1.79. The molecule has 6 heteroatoms. The molecule has 3 rings (SSSR count). The van der Waals surface area contributed by atoms with Gasteiger partial charge in [0, 0.05) is 0 Å². The lowest BCUT2D eigenvalue weighted by Crippen LogP contribution is -2.19. The second kappa shape index (κ2) is 7.23. The summed E-state index contributed by atoms with van der Waals surface area (Å²) in [6, 6.07) is 14.3. The summed E-state index contributed by atoms with van der Waals surface area (Å²) in [5, 5.41) is 9.23. The number of hydrogen-bond acceptors (Lipinski definition) is 6. The van der Waals surface area contributed by atoms with Gasteiger partial charge in [-0.25, -0.2) is 4.79 Å². The minimum Gasteiger partial charge on any atom is -0.460 e. The van der Waals surface area contributed by atoms with E-state index in [1.807, 2.05) is 19.2 Å². The highest BCUT2D eigenvalue weighted by atomic mass is 16.5. The highest BCUT2D eigenvalue weighted by Gasteiger charge is 2.21. The fourth-order valence-corrected chi connectivity index (χ4v) is 2.57. The number of esters is 1. The smallest absolute Gasteiger partial charge is 0.379 e. The van der Waals surface area contributed by atoms with Gasteiger partial charge in [0.2, 0.25) is 5.89 Å². The zero-order valence-corrected chi connectivity index (χ0v) is 13.7. The number of likely N-dealkylation sites (N-methyl/N-ethyl adjacent to an activating group) is 1. The van der Waals surface area contributed by atoms with Crippen molar-refractivity contribution in [1.29, 1.82) is 0 Å². The summed E-state index contributed by atoms with van der Waals surface area (Å²) in [6.07, 6.45) is 0.672. The molecule has 2 aromatic carbocycles. The average molecular weight is 325 g/mol. The van der Waals surface area contributed by atoms with Gasteiger partial charge in [0.25, 0.3) is 5.82 Å². The third-order valence-corrected chi connectivity index (χ3v) is 3.80. The van der Waals surface area contributed by atoms with Crippen molar-refractivity contribution in [3.63, 3.8) is 0 Å². The van der Waals surface area contributed by atoms with Crippen LogP contribution in [-0.4, -0.2) is 29.8 Å². The molecule has 0 bridgehead atoms. The molecule has 1 N–H and O–H groups in total. The third kappa shape index (κ3) is 3.44. The van der Waals surface area contributed by atoms with E-state index < -0.39 is 5.97 Å². The molecule has 1 aromatic heterocycles. The van der Waals surface area contributed by atoms with Crippen LogP contribution in [0.4, 0.5) is 0 Å². The zero-order chi connectivity index (χ0) is 16.9. The molecule has 0 radical (unpaired) electrons. The molecule has 6 nitrogen and oxygen atoms in total. The van der Waals surface area contributed by atoms with Crippen LogP contribution in [0.1, 0.15) is 35.0 Å². The monoisotopic (exact) mass is 325 g/mol. The Bertz CT molecular complexity index is 844. The summed E-state index contributed by atoms with van der Waals surface area (Å²) >= 11 is 0. The number of hydrogen-bond donors (Lipinski definition) is 1. The Morgan fingerprint density at radius 3 is 2.79 bits per heavy atom. The SMILES string of the molecule is CCOC(=O)c1noc([C@@H](Cc2ccc3ccccc3c2)NC)n1. The third-order valence-electron chi connectivity index (χ3n) is 3.80. The Morgan fingerprint density at radius 2 is 2.04 bits per heavy atom. The van der Waals surface area contributed by atoms with Crippen molar-refractivity contribution in [1.82, 2.24) is 15.5 Å². The van der Waals surface area contributed by atoms with E-state index in [2.05, 4.69) is 45.8 Å². The van der Waals surface area contributed by atoms with Crippen LogP contribution in [0.5, 0.6) is 0 Å². The largest absolute Gasteiger partial charge is 0.460 e. The van der Waals surface area contributed by atoms with Gasteiger partial charge in [-0.15, -0.1) is 0 Å². The van der Waals surface area contributed by atoms with E-state index in [1.54, 1.807) is 6.92 Å². The van der Waals surface area contributed by atoms with Crippen LogP contribution in [-0.2, 0) is 11.2 Å². The maximum Gasteiger partial charge on any atom is 0.379 e. The molecule has 24 heavy (non-hydrogen) atoms. The van der Waals surface area contributed by atoms with Crippen molar-refractivity contribution in [2.24, 2.45) is 0 Å². The normalized spacial score (nSPS) is 12.2. The van der Waals surface area contributed by atoms with Gasteiger partial charge in [-0.1, -0.05) is 42.5 Å². The van der Waals surface area contributed by atoms with E-state index in [1.165, 1.54) is 10.8 Å². The van der Waals surface area contributed by atoms with E-state index in [9.17, 15) is 4.79 Å². The molecule has 0 unspecified atom stereocenters. The summed E-state index contributed by atoms with van der Waals surface area (Å²) < 4.78 is 10.1. The number of benzene rings is 2. The minimum atomic E-state index is -0.576. The predicted molar refractivity (Wildman–Crippen MR) is 89.7 cm³/mol. The van der Waals surface area contributed by atoms with Gasteiger partial charge in [0.1, 0.15) is 0 Å². The quantitative estimate of drug-likeness (QED) is 0.702. The molecule has 1 atom stereocenters. The number of nitrogens with zero attached hydrogens (tertiary/aromatic N) is 2. The van der Waals surface area contributed by atoms with Crippen molar-refractivity contribution in [3.8, 4) is 0 Å². The highest BCUT2D eigenvalue weighted by molar-refractivity contribution is 5.85. The zero-order valence-electron chi connectivity index (χ0n) is 13.7. The second-order valence-corrected chi connectivity index (χ2v) is 5.40. The van der Waals surface area contributed by atoms with Crippen LogP contribution in [0.15, 0.2) is 47.0 Å². The maximum absolute atomic E-state index is 11.6. The molecule has 0 aliphatic carbocycles. The molecular weight excluding hydrogens is 306 g/mol. The summed E-state index contributed by atoms with van der Waals surface area (Å²) in [5.74, 6) is -0.257. The number of aromatic nitrogens is 2. The highest BCUT2D eigenvalue weighted by Crippen LogP contribution is 2.21. The first-order valence-corrected chi connectivity index (χ1v) is 7.87. The number of fused-ring (bicyclic) bond motifs is 1. The van der Waals surface area contributed by atoms with Crippen LogP contribution in [0.25, 0.3) is 10.8 Å². The molecule has 124 valence electrons. The fraction of sp³-hybridized carbons (Fsp3) is 0.278. The van der Waals surface area contributed by atoms with E-state index in [4.69, 9.17) is 9.26 Å². The Morgan fingerprint density at radius 1 is 1.25 bits per heavy atom. The van der Waals surface area contributed by atoms with E-state index in [0.717, 1.165) is 5.56 Å². The molecular formula is C18H19N3O3.